The largest absolute Gasteiger partial charge is 0.354 e. The zero-order valence-electron chi connectivity index (χ0n) is 24.0. The summed E-state index contributed by atoms with van der Waals surface area (Å²) in [5, 5.41) is 5.02. The fourth-order valence-electron chi connectivity index (χ4n) is 7.00. The van der Waals surface area contributed by atoms with Crippen LogP contribution in [0.3, 0.4) is 0 Å². The lowest BCUT2D eigenvalue weighted by molar-refractivity contribution is 1.19. The standard InChI is InChI=1S/C42H28N2/c1-3-13-28(14-4-1)29-15-11-16-30(27-29)32-19-7-8-20-33(32)35-22-12-23-37-40-38(43-41(35)37)26-25-36-34-21-9-10-24-39(34)44(42(36)40)31-17-5-2-6-18-31/h1-27,43H. The molecule has 0 aliphatic carbocycles. The minimum absolute atomic E-state index is 1.14. The molecule has 0 atom stereocenters. The molecule has 2 aromatic heterocycles. The lowest BCUT2D eigenvalue weighted by atomic mass is 9.91. The summed E-state index contributed by atoms with van der Waals surface area (Å²) in [4.78, 5) is 3.86. The van der Waals surface area contributed by atoms with E-state index in [-0.39, 0.29) is 0 Å². The number of hydrogen-bond acceptors (Lipinski definition) is 0. The van der Waals surface area contributed by atoms with Gasteiger partial charge in [-0.15, -0.1) is 0 Å². The van der Waals surface area contributed by atoms with Gasteiger partial charge in [-0.05, 0) is 58.1 Å². The molecule has 0 bridgehead atoms. The molecule has 7 aromatic carbocycles. The summed E-state index contributed by atoms with van der Waals surface area (Å²) in [5.74, 6) is 0. The number of aromatic amines is 1. The second-order valence-corrected chi connectivity index (χ2v) is 11.4. The van der Waals surface area contributed by atoms with E-state index in [2.05, 4.69) is 173 Å². The molecule has 0 saturated heterocycles. The van der Waals surface area contributed by atoms with E-state index in [1.807, 2.05) is 0 Å². The highest BCUT2D eigenvalue weighted by atomic mass is 15.0. The summed E-state index contributed by atoms with van der Waals surface area (Å²) in [5.41, 5.74) is 13.2. The van der Waals surface area contributed by atoms with Crippen molar-refractivity contribution in [3.05, 3.63) is 164 Å². The number of fused-ring (bicyclic) bond motifs is 7. The van der Waals surface area contributed by atoms with Gasteiger partial charge in [-0.2, -0.15) is 0 Å². The molecule has 2 heterocycles. The third-order valence-corrected chi connectivity index (χ3v) is 8.94. The molecule has 206 valence electrons. The maximum absolute atomic E-state index is 3.86. The van der Waals surface area contributed by atoms with Crippen molar-refractivity contribution in [2.24, 2.45) is 0 Å². The molecule has 0 amide bonds. The first-order chi connectivity index (χ1) is 21.8. The molecule has 2 heteroatoms. The van der Waals surface area contributed by atoms with E-state index in [4.69, 9.17) is 0 Å². The van der Waals surface area contributed by atoms with Gasteiger partial charge in [-0.1, -0.05) is 133 Å². The smallest absolute Gasteiger partial charge is 0.0641 e. The number of aromatic nitrogens is 2. The lowest BCUT2D eigenvalue weighted by Gasteiger charge is -2.13. The number of rotatable bonds is 4. The second kappa shape index (κ2) is 9.86. The monoisotopic (exact) mass is 560 g/mol. The van der Waals surface area contributed by atoms with Crippen molar-refractivity contribution in [3.8, 4) is 39.1 Å². The van der Waals surface area contributed by atoms with Gasteiger partial charge in [-0.3, -0.25) is 0 Å². The maximum Gasteiger partial charge on any atom is 0.0641 e. The van der Waals surface area contributed by atoms with Crippen LogP contribution in [-0.4, -0.2) is 9.55 Å². The van der Waals surface area contributed by atoms with E-state index in [0.29, 0.717) is 0 Å². The number of H-pyrrole nitrogens is 1. The van der Waals surface area contributed by atoms with Gasteiger partial charge in [0.2, 0.25) is 0 Å². The van der Waals surface area contributed by atoms with Crippen LogP contribution in [0.5, 0.6) is 0 Å². The minimum Gasteiger partial charge on any atom is -0.354 e. The van der Waals surface area contributed by atoms with Crippen LogP contribution < -0.4 is 0 Å². The van der Waals surface area contributed by atoms with Crippen molar-refractivity contribution < 1.29 is 0 Å². The molecule has 0 saturated carbocycles. The zero-order valence-corrected chi connectivity index (χ0v) is 24.0. The van der Waals surface area contributed by atoms with Gasteiger partial charge in [0.25, 0.3) is 0 Å². The number of nitrogens with zero attached hydrogens (tertiary/aromatic N) is 1. The number of hydrogen-bond donors (Lipinski definition) is 1. The summed E-state index contributed by atoms with van der Waals surface area (Å²) in [6.07, 6.45) is 0. The zero-order chi connectivity index (χ0) is 29.0. The normalized spacial score (nSPS) is 11.6. The summed E-state index contributed by atoms with van der Waals surface area (Å²) in [7, 11) is 0. The van der Waals surface area contributed by atoms with Crippen molar-refractivity contribution >= 4 is 43.6 Å². The Balaban J connectivity index is 1.32. The second-order valence-electron chi connectivity index (χ2n) is 11.4. The molecule has 0 spiro atoms. The molecule has 44 heavy (non-hydrogen) atoms. The summed E-state index contributed by atoms with van der Waals surface area (Å²) in [6, 6.07) is 59.0. The Morgan fingerprint density at radius 3 is 1.91 bits per heavy atom. The van der Waals surface area contributed by atoms with Gasteiger partial charge in [0.05, 0.1) is 16.6 Å². The summed E-state index contributed by atoms with van der Waals surface area (Å²) < 4.78 is 2.43. The Hall–Kier alpha value is -5.86. The summed E-state index contributed by atoms with van der Waals surface area (Å²) in [6.45, 7) is 0. The lowest BCUT2D eigenvalue weighted by Crippen LogP contribution is -1.93. The average molecular weight is 561 g/mol. The first kappa shape index (κ1) is 24.7. The quantitative estimate of drug-likeness (QED) is 0.221. The summed E-state index contributed by atoms with van der Waals surface area (Å²) >= 11 is 0. The van der Waals surface area contributed by atoms with Crippen LogP contribution in [0.25, 0.3) is 82.7 Å². The van der Waals surface area contributed by atoms with Crippen molar-refractivity contribution in [1.82, 2.24) is 9.55 Å². The van der Waals surface area contributed by atoms with E-state index in [0.717, 1.165) is 11.0 Å². The van der Waals surface area contributed by atoms with Crippen molar-refractivity contribution in [1.29, 1.82) is 0 Å². The van der Waals surface area contributed by atoms with Crippen molar-refractivity contribution in [2.75, 3.05) is 0 Å². The minimum atomic E-state index is 1.14. The molecule has 9 rings (SSSR count). The van der Waals surface area contributed by atoms with Crippen molar-refractivity contribution in [3.63, 3.8) is 0 Å². The molecule has 0 aliphatic heterocycles. The molecular formula is C42H28N2. The van der Waals surface area contributed by atoms with Crippen LogP contribution in [-0.2, 0) is 0 Å². The molecule has 0 aliphatic rings. The van der Waals surface area contributed by atoms with Crippen LogP contribution in [0.4, 0.5) is 0 Å². The fourth-order valence-corrected chi connectivity index (χ4v) is 7.00. The topological polar surface area (TPSA) is 20.7 Å². The molecule has 2 nitrogen and oxygen atoms in total. The Kier molecular flexibility index (Phi) is 5.54. The Morgan fingerprint density at radius 1 is 0.409 bits per heavy atom. The number of benzene rings is 7. The first-order valence-corrected chi connectivity index (χ1v) is 15.1. The fraction of sp³-hybridized carbons (Fsp3) is 0. The molecular weight excluding hydrogens is 532 g/mol. The van der Waals surface area contributed by atoms with Gasteiger partial charge in [0, 0.05) is 38.3 Å². The Morgan fingerprint density at radius 2 is 1.05 bits per heavy atom. The van der Waals surface area contributed by atoms with Gasteiger partial charge >= 0.3 is 0 Å². The van der Waals surface area contributed by atoms with Crippen LogP contribution in [0, 0.1) is 0 Å². The molecule has 0 unspecified atom stereocenters. The third-order valence-electron chi connectivity index (χ3n) is 8.94. The number of para-hydroxylation sites is 3. The van der Waals surface area contributed by atoms with Gasteiger partial charge in [0.15, 0.2) is 0 Å². The van der Waals surface area contributed by atoms with E-state index in [9.17, 15) is 0 Å². The van der Waals surface area contributed by atoms with E-state index >= 15 is 0 Å². The van der Waals surface area contributed by atoms with Crippen LogP contribution in [0.1, 0.15) is 0 Å². The Bertz CT molecular complexity index is 2480. The predicted octanol–water partition coefficient (Wildman–Crippen LogP) is 11.4. The average Bonchev–Trinajstić information content (AvgIpc) is 3.65. The van der Waals surface area contributed by atoms with Crippen molar-refractivity contribution in [2.45, 2.75) is 0 Å². The van der Waals surface area contributed by atoms with E-state index in [1.54, 1.807) is 0 Å². The van der Waals surface area contributed by atoms with Gasteiger partial charge in [0.1, 0.15) is 0 Å². The number of nitrogens with one attached hydrogen (secondary N) is 1. The highest BCUT2D eigenvalue weighted by Crippen LogP contribution is 2.43. The third kappa shape index (κ3) is 3.75. The highest BCUT2D eigenvalue weighted by Gasteiger charge is 2.19. The van der Waals surface area contributed by atoms with E-state index < -0.39 is 0 Å². The van der Waals surface area contributed by atoms with Crippen LogP contribution >= 0.6 is 0 Å². The van der Waals surface area contributed by atoms with Crippen LogP contribution in [0.2, 0.25) is 0 Å². The predicted molar refractivity (Wildman–Crippen MR) is 186 cm³/mol. The van der Waals surface area contributed by atoms with Gasteiger partial charge < -0.3 is 9.55 Å². The van der Waals surface area contributed by atoms with E-state index in [1.165, 1.54) is 71.6 Å². The highest BCUT2D eigenvalue weighted by molar-refractivity contribution is 6.26. The molecule has 1 N–H and O–H groups in total. The Labute approximate surface area is 255 Å². The van der Waals surface area contributed by atoms with Crippen LogP contribution in [0.15, 0.2) is 164 Å². The molecule has 0 fully saturated rings. The SMILES string of the molecule is c1ccc(-c2cccc(-c3ccccc3-c3cccc4c3[nH]c3ccc5c6ccccc6n(-c6ccccc6)c5c34)c2)cc1. The molecule has 0 radical (unpaired) electrons. The van der Waals surface area contributed by atoms with Gasteiger partial charge in [-0.25, -0.2) is 0 Å². The molecule has 9 aromatic rings. The first-order valence-electron chi connectivity index (χ1n) is 15.1. The maximum atomic E-state index is 3.86.